The van der Waals surface area contributed by atoms with Crippen LogP contribution in [0.15, 0.2) is 48.5 Å². The number of hydrogen-bond donors (Lipinski definition) is 0. The number of rotatable bonds is 4. The first-order valence-corrected chi connectivity index (χ1v) is 6.16. The lowest BCUT2D eigenvalue weighted by Crippen LogP contribution is -1.99. The molecule has 0 aliphatic carbocycles. The molecular weight excluding hydrogens is 251 g/mol. The molecule has 0 spiro atoms. The van der Waals surface area contributed by atoms with Crippen molar-refractivity contribution in [3.05, 3.63) is 65.5 Å². The van der Waals surface area contributed by atoms with Crippen molar-refractivity contribution in [2.75, 3.05) is 7.11 Å². The molecule has 0 saturated carbocycles. The van der Waals surface area contributed by atoms with Crippen LogP contribution in [0.5, 0.6) is 5.75 Å². The molecular formula is C15H14ClFO. The molecule has 0 heterocycles. The van der Waals surface area contributed by atoms with Crippen molar-refractivity contribution in [1.82, 2.24) is 0 Å². The molecule has 1 atom stereocenters. The van der Waals surface area contributed by atoms with Crippen LogP contribution in [-0.2, 0) is 6.42 Å². The molecule has 0 aromatic heterocycles. The van der Waals surface area contributed by atoms with Gasteiger partial charge in [-0.15, -0.1) is 11.6 Å². The summed E-state index contributed by atoms with van der Waals surface area (Å²) in [7, 11) is 1.63. The second kappa shape index (κ2) is 5.87. The minimum atomic E-state index is -0.234. The van der Waals surface area contributed by atoms with Crippen LogP contribution in [0.1, 0.15) is 16.5 Å². The summed E-state index contributed by atoms with van der Waals surface area (Å²) in [5.41, 5.74) is 1.95. The molecule has 0 N–H and O–H groups in total. The van der Waals surface area contributed by atoms with Crippen LogP contribution in [0.2, 0.25) is 0 Å². The van der Waals surface area contributed by atoms with Gasteiger partial charge >= 0.3 is 0 Å². The van der Waals surface area contributed by atoms with Crippen LogP contribution < -0.4 is 4.74 Å². The van der Waals surface area contributed by atoms with Crippen LogP contribution >= 0.6 is 11.6 Å². The smallest absolute Gasteiger partial charge is 0.123 e. The molecule has 0 saturated heterocycles. The minimum Gasteiger partial charge on any atom is -0.496 e. The molecule has 18 heavy (non-hydrogen) atoms. The summed E-state index contributed by atoms with van der Waals surface area (Å²) >= 11 is 6.39. The van der Waals surface area contributed by atoms with Gasteiger partial charge in [0.25, 0.3) is 0 Å². The molecule has 0 amide bonds. The zero-order chi connectivity index (χ0) is 13.0. The second-order valence-corrected chi connectivity index (χ2v) is 4.57. The largest absolute Gasteiger partial charge is 0.496 e. The standard InChI is InChI=1S/C15H14ClFO/c1-18-15-5-3-2-4-13(15)14(16)10-11-6-8-12(17)9-7-11/h2-9,14H,10H2,1H3. The summed E-state index contributed by atoms with van der Waals surface area (Å²) < 4.78 is 18.1. The van der Waals surface area contributed by atoms with Crippen molar-refractivity contribution in [2.45, 2.75) is 11.8 Å². The molecule has 0 aliphatic heterocycles. The fourth-order valence-electron chi connectivity index (χ4n) is 1.86. The van der Waals surface area contributed by atoms with E-state index in [4.69, 9.17) is 16.3 Å². The highest BCUT2D eigenvalue weighted by Gasteiger charge is 2.13. The Morgan fingerprint density at radius 1 is 1.11 bits per heavy atom. The number of alkyl halides is 1. The van der Waals surface area contributed by atoms with Crippen molar-refractivity contribution in [3.63, 3.8) is 0 Å². The number of hydrogen-bond acceptors (Lipinski definition) is 1. The maximum atomic E-state index is 12.8. The number of benzene rings is 2. The highest BCUT2D eigenvalue weighted by atomic mass is 35.5. The third-order valence-corrected chi connectivity index (χ3v) is 3.19. The van der Waals surface area contributed by atoms with Gasteiger partial charge in [0.2, 0.25) is 0 Å². The molecule has 0 bridgehead atoms. The van der Waals surface area contributed by atoms with E-state index in [0.29, 0.717) is 6.42 Å². The maximum absolute atomic E-state index is 12.8. The quantitative estimate of drug-likeness (QED) is 0.746. The Hall–Kier alpha value is -1.54. The van der Waals surface area contributed by atoms with Crippen molar-refractivity contribution in [2.24, 2.45) is 0 Å². The summed E-state index contributed by atoms with van der Waals surface area (Å²) in [6.07, 6.45) is 0.641. The van der Waals surface area contributed by atoms with Gasteiger partial charge in [0.1, 0.15) is 11.6 Å². The average Bonchev–Trinajstić information content (AvgIpc) is 2.41. The van der Waals surface area contributed by atoms with E-state index < -0.39 is 0 Å². The molecule has 3 heteroatoms. The van der Waals surface area contributed by atoms with Gasteiger partial charge in [0, 0.05) is 5.56 Å². The number of para-hydroxylation sites is 1. The first kappa shape index (κ1) is 12.9. The molecule has 2 aromatic carbocycles. The monoisotopic (exact) mass is 264 g/mol. The first-order valence-electron chi connectivity index (χ1n) is 5.72. The fraction of sp³-hybridized carbons (Fsp3) is 0.200. The van der Waals surface area contributed by atoms with Gasteiger partial charge in [-0.3, -0.25) is 0 Å². The second-order valence-electron chi connectivity index (χ2n) is 4.04. The predicted molar refractivity (Wildman–Crippen MR) is 71.7 cm³/mol. The fourth-order valence-corrected chi connectivity index (χ4v) is 2.22. The Kier molecular flexibility index (Phi) is 4.21. The topological polar surface area (TPSA) is 9.23 Å². The molecule has 1 nitrogen and oxygen atoms in total. The van der Waals surface area contributed by atoms with Gasteiger partial charge in [-0.2, -0.15) is 0 Å². The summed E-state index contributed by atoms with van der Waals surface area (Å²) in [6, 6.07) is 14.1. The summed E-state index contributed by atoms with van der Waals surface area (Å²) in [6.45, 7) is 0. The Balaban J connectivity index is 2.16. The van der Waals surface area contributed by atoms with Crippen LogP contribution in [0.3, 0.4) is 0 Å². The van der Waals surface area contributed by atoms with E-state index in [1.165, 1.54) is 12.1 Å². The third-order valence-electron chi connectivity index (χ3n) is 2.80. The summed E-state index contributed by atoms with van der Waals surface area (Å²) in [5, 5.41) is -0.188. The molecule has 0 radical (unpaired) electrons. The van der Waals surface area contributed by atoms with Gasteiger partial charge < -0.3 is 4.74 Å². The zero-order valence-corrected chi connectivity index (χ0v) is 10.8. The van der Waals surface area contributed by atoms with Crippen LogP contribution in [-0.4, -0.2) is 7.11 Å². The number of methoxy groups -OCH3 is 1. The van der Waals surface area contributed by atoms with E-state index in [2.05, 4.69) is 0 Å². The number of halogens is 2. The molecule has 2 aromatic rings. The highest BCUT2D eigenvalue weighted by Crippen LogP contribution is 2.32. The first-order chi connectivity index (χ1) is 8.70. The molecule has 0 fully saturated rings. The van der Waals surface area contributed by atoms with E-state index in [9.17, 15) is 4.39 Å². The normalized spacial score (nSPS) is 12.2. The summed E-state index contributed by atoms with van der Waals surface area (Å²) in [4.78, 5) is 0. The summed E-state index contributed by atoms with van der Waals surface area (Å²) in [5.74, 6) is 0.543. The van der Waals surface area contributed by atoms with Crippen molar-refractivity contribution in [1.29, 1.82) is 0 Å². The Labute approximate surface area is 111 Å². The lowest BCUT2D eigenvalue weighted by atomic mass is 10.0. The Morgan fingerprint density at radius 2 is 1.78 bits per heavy atom. The minimum absolute atomic E-state index is 0.188. The molecule has 0 aliphatic rings. The van der Waals surface area contributed by atoms with Crippen LogP contribution in [0, 0.1) is 5.82 Å². The van der Waals surface area contributed by atoms with Gasteiger partial charge in [0.15, 0.2) is 0 Å². The third kappa shape index (κ3) is 3.02. The van der Waals surface area contributed by atoms with Gasteiger partial charge in [-0.05, 0) is 30.2 Å². The van der Waals surface area contributed by atoms with Crippen molar-refractivity contribution >= 4 is 11.6 Å². The zero-order valence-electron chi connectivity index (χ0n) is 10.1. The van der Waals surface area contributed by atoms with E-state index in [1.807, 2.05) is 24.3 Å². The van der Waals surface area contributed by atoms with Crippen LogP contribution in [0.4, 0.5) is 4.39 Å². The highest BCUT2D eigenvalue weighted by molar-refractivity contribution is 6.21. The van der Waals surface area contributed by atoms with Gasteiger partial charge in [-0.25, -0.2) is 4.39 Å². The van der Waals surface area contributed by atoms with Crippen LogP contribution in [0.25, 0.3) is 0 Å². The average molecular weight is 265 g/mol. The lowest BCUT2D eigenvalue weighted by Gasteiger charge is -2.13. The molecule has 94 valence electrons. The van der Waals surface area contributed by atoms with Gasteiger partial charge in [-0.1, -0.05) is 30.3 Å². The van der Waals surface area contributed by atoms with Crippen molar-refractivity contribution in [3.8, 4) is 5.75 Å². The maximum Gasteiger partial charge on any atom is 0.123 e. The van der Waals surface area contributed by atoms with Gasteiger partial charge in [0.05, 0.1) is 12.5 Å². The van der Waals surface area contributed by atoms with E-state index in [1.54, 1.807) is 19.2 Å². The molecule has 1 unspecified atom stereocenters. The van der Waals surface area contributed by atoms with E-state index in [-0.39, 0.29) is 11.2 Å². The number of ether oxygens (including phenoxy) is 1. The SMILES string of the molecule is COc1ccccc1C(Cl)Cc1ccc(F)cc1. The van der Waals surface area contributed by atoms with Crippen molar-refractivity contribution < 1.29 is 9.13 Å². The predicted octanol–water partition coefficient (Wildman–Crippen LogP) is 4.36. The lowest BCUT2D eigenvalue weighted by molar-refractivity contribution is 0.409. The Bertz CT molecular complexity index is 510. The van der Waals surface area contributed by atoms with E-state index >= 15 is 0 Å². The molecule has 2 rings (SSSR count). The van der Waals surface area contributed by atoms with E-state index in [0.717, 1.165) is 16.9 Å². The Morgan fingerprint density at radius 3 is 2.44 bits per heavy atom.